The maximum atomic E-state index is 14.8. The first-order chi connectivity index (χ1) is 16.6. The molecule has 1 aromatic carbocycles. The molecule has 35 heavy (non-hydrogen) atoms. The van der Waals surface area contributed by atoms with Crippen molar-refractivity contribution in [1.82, 2.24) is 10.3 Å². The van der Waals surface area contributed by atoms with Crippen LogP contribution < -0.4 is 14.9 Å². The van der Waals surface area contributed by atoms with E-state index in [1.165, 1.54) is 43.8 Å². The van der Waals surface area contributed by atoms with Crippen LogP contribution in [0.3, 0.4) is 0 Å². The molecule has 194 valence electrons. The molecule has 4 rings (SSSR count). The quantitative estimate of drug-likeness (QED) is 0.320. The Hall–Kier alpha value is -1.97. The maximum absolute atomic E-state index is 14.8. The number of halogens is 3. The first kappa shape index (κ1) is 27.6. The van der Waals surface area contributed by atoms with Crippen LogP contribution in [0.4, 0.5) is 24.7 Å². The monoisotopic (exact) mass is 510 g/mol. The average molecular weight is 511 g/mol. The summed E-state index contributed by atoms with van der Waals surface area (Å²) in [5.74, 6) is -1.78. The van der Waals surface area contributed by atoms with Crippen molar-refractivity contribution in [3.63, 3.8) is 0 Å². The van der Waals surface area contributed by atoms with Gasteiger partial charge in [-0.15, -0.1) is 0 Å². The molecule has 2 N–H and O–H groups in total. The number of rotatable bonds is 8. The predicted octanol–water partition coefficient (Wildman–Crippen LogP) is 6.33. The molecule has 2 aliphatic heterocycles. The molecule has 2 saturated heterocycles. The second kappa shape index (κ2) is 11.8. The number of methoxy groups -OCH3 is 1. The van der Waals surface area contributed by atoms with Crippen LogP contribution >= 0.6 is 11.9 Å². The van der Waals surface area contributed by atoms with Gasteiger partial charge >= 0.3 is 0 Å². The van der Waals surface area contributed by atoms with Gasteiger partial charge in [-0.05, 0) is 61.9 Å². The van der Waals surface area contributed by atoms with E-state index in [1.54, 1.807) is 14.0 Å². The van der Waals surface area contributed by atoms with E-state index in [-0.39, 0.29) is 16.3 Å². The third-order valence-corrected chi connectivity index (χ3v) is 7.56. The van der Waals surface area contributed by atoms with Crippen LogP contribution in [-0.2, 0) is 4.74 Å². The molecule has 3 heterocycles. The second-order valence-electron chi connectivity index (χ2n) is 10.1. The molecule has 9 heteroatoms. The van der Waals surface area contributed by atoms with Crippen molar-refractivity contribution in [3.8, 4) is 0 Å². The van der Waals surface area contributed by atoms with Crippen molar-refractivity contribution in [1.29, 1.82) is 0 Å². The molecule has 0 unspecified atom stereocenters. The van der Waals surface area contributed by atoms with E-state index in [4.69, 9.17) is 4.74 Å². The molecule has 5 nitrogen and oxygen atoms in total. The highest BCUT2D eigenvalue weighted by atomic mass is 32.2. The number of anilines is 2. The lowest BCUT2D eigenvalue weighted by Gasteiger charge is -2.51. The minimum Gasteiger partial charge on any atom is -0.375 e. The highest BCUT2D eigenvalue weighted by molar-refractivity contribution is 8.00. The van der Waals surface area contributed by atoms with Crippen LogP contribution in [0.1, 0.15) is 52.0 Å². The third-order valence-electron chi connectivity index (χ3n) is 6.67. The van der Waals surface area contributed by atoms with Gasteiger partial charge in [0, 0.05) is 38.0 Å². The largest absolute Gasteiger partial charge is 0.375 e. The molecule has 0 atom stereocenters. The van der Waals surface area contributed by atoms with Crippen molar-refractivity contribution in [3.05, 3.63) is 47.4 Å². The highest BCUT2D eigenvalue weighted by Gasteiger charge is 2.43. The lowest BCUT2D eigenvalue weighted by Crippen LogP contribution is -2.63. The van der Waals surface area contributed by atoms with Gasteiger partial charge in [0.1, 0.15) is 27.9 Å². The van der Waals surface area contributed by atoms with Gasteiger partial charge in [-0.1, -0.05) is 39.7 Å². The summed E-state index contributed by atoms with van der Waals surface area (Å²) in [7, 11) is 1.69. The minimum absolute atomic E-state index is 0.170. The minimum atomic E-state index is -0.671. The third kappa shape index (κ3) is 7.05. The van der Waals surface area contributed by atoms with E-state index in [1.807, 2.05) is 4.90 Å². The molecule has 0 bridgehead atoms. The number of hydrogen-bond acceptors (Lipinski definition) is 6. The maximum Gasteiger partial charge on any atom is 0.214 e. The molecular formula is C26H37F3N4OS. The van der Waals surface area contributed by atoms with Crippen LogP contribution in [0.2, 0.25) is 0 Å². The van der Waals surface area contributed by atoms with Crippen molar-refractivity contribution >= 4 is 23.5 Å². The van der Waals surface area contributed by atoms with E-state index in [2.05, 4.69) is 35.8 Å². The fourth-order valence-corrected chi connectivity index (χ4v) is 5.04. The highest BCUT2D eigenvalue weighted by Crippen LogP contribution is 2.39. The smallest absolute Gasteiger partial charge is 0.214 e. The Morgan fingerprint density at radius 1 is 1.23 bits per heavy atom. The summed E-state index contributed by atoms with van der Waals surface area (Å²) in [5.41, 5.74) is 1.25. The Morgan fingerprint density at radius 2 is 1.97 bits per heavy atom. The Labute approximate surface area is 211 Å². The van der Waals surface area contributed by atoms with E-state index < -0.39 is 17.6 Å². The number of benzene rings is 1. The molecule has 0 amide bonds. The SMILES string of the molecule is CC1(C)CCNC1.CCCCC1(OC)CN(c2cc(F)c(SNc3cccc(F)n3)c(F)c2C)C1. The van der Waals surface area contributed by atoms with Crippen LogP contribution in [0.15, 0.2) is 29.2 Å². The Morgan fingerprint density at radius 3 is 2.51 bits per heavy atom. The number of nitrogens with zero attached hydrogens (tertiary/aromatic N) is 2. The summed E-state index contributed by atoms with van der Waals surface area (Å²) >= 11 is 0.739. The summed E-state index contributed by atoms with van der Waals surface area (Å²) in [4.78, 5) is 5.39. The topological polar surface area (TPSA) is 49.4 Å². The first-order valence-corrected chi connectivity index (χ1v) is 13.0. The van der Waals surface area contributed by atoms with Gasteiger partial charge in [-0.3, -0.25) is 0 Å². The van der Waals surface area contributed by atoms with Gasteiger partial charge in [0.2, 0.25) is 5.95 Å². The van der Waals surface area contributed by atoms with Gasteiger partial charge < -0.3 is 19.7 Å². The van der Waals surface area contributed by atoms with Gasteiger partial charge in [-0.2, -0.15) is 4.39 Å². The lowest BCUT2D eigenvalue weighted by atomic mass is 9.87. The zero-order chi connectivity index (χ0) is 25.6. The standard InChI is InChI=1S/C20H24F3N3OS.C6H13N/c1-4-5-9-20(27-3)11-26(12-20)15-10-14(21)19(18(23)13(15)2)28-25-17-8-6-7-16(22)24-17;1-6(2)3-4-7-5-6/h6-8,10H,4-5,9,11-12H2,1-3H3,(H,24,25);7H,3-5H2,1-2H3. The van der Waals surface area contributed by atoms with Crippen molar-refractivity contribution in [2.24, 2.45) is 5.41 Å². The van der Waals surface area contributed by atoms with Crippen LogP contribution in [-0.4, -0.2) is 43.9 Å². The first-order valence-electron chi connectivity index (χ1n) is 12.1. The molecule has 0 spiro atoms. The van der Waals surface area contributed by atoms with E-state index in [9.17, 15) is 13.2 Å². The molecule has 0 saturated carbocycles. The number of nitrogens with one attached hydrogen (secondary N) is 2. The molecule has 0 radical (unpaired) electrons. The Bertz CT molecular complexity index is 991. The van der Waals surface area contributed by atoms with Gasteiger partial charge in [-0.25, -0.2) is 13.8 Å². The fourth-order valence-electron chi connectivity index (χ4n) is 4.32. The summed E-state index contributed by atoms with van der Waals surface area (Å²) in [6.45, 7) is 12.0. The van der Waals surface area contributed by atoms with E-state index in [0.29, 0.717) is 29.8 Å². The van der Waals surface area contributed by atoms with E-state index in [0.717, 1.165) is 31.2 Å². The van der Waals surface area contributed by atoms with Crippen LogP contribution in [0.25, 0.3) is 0 Å². The predicted molar refractivity (Wildman–Crippen MR) is 138 cm³/mol. The molecule has 2 aromatic rings. The Kier molecular flexibility index (Phi) is 9.34. The molecular weight excluding hydrogens is 473 g/mol. The van der Waals surface area contributed by atoms with E-state index >= 15 is 0 Å². The number of aromatic nitrogens is 1. The number of pyridine rings is 1. The summed E-state index contributed by atoms with van der Waals surface area (Å²) in [5, 5.41) is 3.31. The zero-order valence-corrected chi connectivity index (χ0v) is 22.1. The van der Waals surface area contributed by atoms with Gasteiger partial charge in [0.25, 0.3) is 0 Å². The number of ether oxygens (including phenoxy) is 1. The van der Waals surface area contributed by atoms with Crippen LogP contribution in [0.5, 0.6) is 0 Å². The molecule has 0 aliphatic carbocycles. The Balaban J connectivity index is 0.000000420. The second-order valence-corrected chi connectivity index (χ2v) is 10.9. The molecule has 2 aliphatic rings. The summed E-state index contributed by atoms with van der Waals surface area (Å²) in [6, 6.07) is 5.54. The lowest BCUT2D eigenvalue weighted by molar-refractivity contribution is -0.0409. The average Bonchev–Trinajstić information content (AvgIpc) is 3.20. The van der Waals surface area contributed by atoms with Crippen molar-refractivity contribution < 1.29 is 17.9 Å². The normalized spacial score (nSPS) is 18.0. The van der Waals surface area contributed by atoms with Crippen molar-refractivity contribution in [2.75, 3.05) is 42.9 Å². The summed E-state index contributed by atoms with van der Waals surface area (Å²) < 4.78 is 51.0. The zero-order valence-electron chi connectivity index (χ0n) is 21.3. The van der Waals surface area contributed by atoms with Gasteiger partial charge in [0.15, 0.2) is 0 Å². The van der Waals surface area contributed by atoms with Crippen molar-refractivity contribution in [2.45, 2.75) is 63.9 Å². The molecule has 1 aromatic heterocycles. The number of unbranched alkanes of at least 4 members (excludes halogenated alkanes) is 1. The summed E-state index contributed by atoms with van der Waals surface area (Å²) in [6.07, 6.45) is 4.40. The van der Waals surface area contributed by atoms with Crippen LogP contribution in [0, 0.1) is 29.9 Å². The fraction of sp³-hybridized carbons (Fsp3) is 0.577. The van der Waals surface area contributed by atoms with Gasteiger partial charge in [0.05, 0.1) is 0 Å². The number of hydrogen-bond donors (Lipinski definition) is 2. The molecule has 2 fully saturated rings.